The number of hydrogen-bond acceptors (Lipinski definition) is 8. The number of quaternary nitrogens is 1. The van der Waals surface area contributed by atoms with E-state index in [4.69, 9.17) is 18.5 Å². The molecule has 0 aromatic rings. The van der Waals surface area contributed by atoms with Gasteiger partial charge in [-0.1, -0.05) is 164 Å². The predicted molar refractivity (Wildman–Crippen MR) is 216 cm³/mol. The molecule has 1 unspecified atom stereocenters. The van der Waals surface area contributed by atoms with Crippen molar-refractivity contribution in [3.63, 3.8) is 0 Å². The maximum atomic E-state index is 12.5. The van der Waals surface area contributed by atoms with Gasteiger partial charge < -0.3 is 29.1 Å². The van der Waals surface area contributed by atoms with Gasteiger partial charge in [0.1, 0.15) is 13.2 Å². The van der Waals surface area contributed by atoms with Crippen LogP contribution >= 0.6 is 7.82 Å². The van der Waals surface area contributed by atoms with Crippen molar-refractivity contribution in [2.24, 2.45) is 0 Å². The third-order valence-electron chi connectivity index (χ3n) is 8.14. The quantitative estimate of drug-likeness (QED) is 0.0286. The highest BCUT2D eigenvalue weighted by Gasteiger charge is 2.21. The van der Waals surface area contributed by atoms with E-state index in [0.29, 0.717) is 6.42 Å². The van der Waals surface area contributed by atoms with E-state index in [1.165, 1.54) is 64.2 Å². The molecule has 2 atom stereocenters. The Hall–Kier alpha value is -2.55. The number of carbonyl (C=O) groups is 2. The van der Waals surface area contributed by atoms with Crippen molar-refractivity contribution < 1.29 is 43.3 Å². The van der Waals surface area contributed by atoms with E-state index in [-0.39, 0.29) is 32.6 Å². The van der Waals surface area contributed by atoms with Crippen LogP contribution in [-0.2, 0) is 32.7 Å². The molecule has 0 spiro atoms. The Labute approximate surface area is 322 Å². The van der Waals surface area contributed by atoms with Crippen LogP contribution in [0.25, 0.3) is 0 Å². The number of ether oxygens (including phenoxy) is 2. The minimum absolute atomic E-state index is 0.0958. The van der Waals surface area contributed by atoms with E-state index < -0.39 is 32.5 Å². The van der Waals surface area contributed by atoms with Crippen molar-refractivity contribution in [3.05, 3.63) is 72.9 Å². The van der Waals surface area contributed by atoms with Crippen LogP contribution in [0.2, 0.25) is 0 Å². The average molecular weight is 764 g/mol. The number of phosphoric ester groups is 1. The summed E-state index contributed by atoms with van der Waals surface area (Å²) in [5, 5.41) is 0. The van der Waals surface area contributed by atoms with Gasteiger partial charge in [0, 0.05) is 12.8 Å². The number of phosphoric acid groups is 1. The Morgan fingerprint density at radius 2 is 1.04 bits per heavy atom. The van der Waals surface area contributed by atoms with E-state index in [2.05, 4.69) is 80.3 Å². The number of esters is 2. The monoisotopic (exact) mass is 764 g/mol. The molecule has 0 aliphatic heterocycles. The summed E-state index contributed by atoms with van der Waals surface area (Å²) in [7, 11) is -4.61. The smallest absolute Gasteiger partial charge is 0.306 e. The molecule has 10 heteroatoms. The molecule has 304 valence electrons. The number of carbonyl (C=O) groups excluding carboxylic acids is 2. The molecule has 0 saturated carbocycles. The fourth-order valence-electron chi connectivity index (χ4n) is 5.13. The van der Waals surface area contributed by atoms with Crippen LogP contribution in [0.1, 0.15) is 155 Å². The van der Waals surface area contributed by atoms with Gasteiger partial charge >= 0.3 is 11.9 Å². The highest BCUT2D eigenvalue weighted by Crippen LogP contribution is 2.38. The lowest BCUT2D eigenvalue weighted by atomic mass is 10.0. The van der Waals surface area contributed by atoms with Gasteiger partial charge in [0.2, 0.25) is 0 Å². The average Bonchev–Trinajstić information content (AvgIpc) is 3.14. The van der Waals surface area contributed by atoms with Gasteiger partial charge in [0.25, 0.3) is 7.82 Å². The first-order valence-corrected chi connectivity index (χ1v) is 21.9. The highest BCUT2D eigenvalue weighted by atomic mass is 31.2. The molecule has 0 heterocycles. The minimum atomic E-state index is -4.61. The zero-order chi connectivity index (χ0) is 38.9. The lowest BCUT2D eigenvalue weighted by Gasteiger charge is -2.25. The molecule has 0 aliphatic rings. The van der Waals surface area contributed by atoms with Gasteiger partial charge in [-0.3, -0.25) is 14.2 Å². The van der Waals surface area contributed by atoms with Crippen LogP contribution in [0.4, 0.5) is 0 Å². The molecule has 0 bridgehead atoms. The number of unbranched alkanes of at least 4 members (excludes halogenated alkanes) is 12. The Balaban J connectivity index is 4.33. The number of rotatable bonds is 37. The van der Waals surface area contributed by atoms with Gasteiger partial charge in [0.05, 0.1) is 13.2 Å². The Morgan fingerprint density at radius 3 is 1.51 bits per heavy atom. The molecule has 0 aromatic carbocycles. The van der Waals surface area contributed by atoms with Gasteiger partial charge in [0.15, 0.2) is 6.10 Å². The summed E-state index contributed by atoms with van der Waals surface area (Å²) in [6, 6.07) is 0. The van der Waals surface area contributed by atoms with Crippen molar-refractivity contribution in [3.8, 4) is 0 Å². The van der Waals surface area contributed by atoms with Crippen molar-refractivity contribution in [1.82, 2.24) is 0 Å². The van der Waals surface area contributed by atoms with Crippen molar-refractivity contribution in [2.75, 3.05) is 26.4 Å². The molecule has 0 aliphatic carbocycles. The molecular weight excluding hydrogens is 689 g/mol. The van der Waals surface area contributed by atoms with E-state index in [1.807, 2.05) is 12.2 Å². The normalized spacial score (nSPS) is 14.1. The topological polar surface area (TPSA) is 139 Å². The summed E-state index contributed by atoms with van der Waals surface area (Å²) in [4.78, 5) is 36.9. The fourth-order valence-corrected chi connectivity index (χ4v) is 5.91. The van der Waals surface area contributed by atoms with Crippen molar-refractivity contribution >= 4 is 19.8 Å². The molecule has 0 saturated heterocycles. The van der Waals surface area contributed by atoms with E-state index in [0.717, 1.165) is 57.8 Å². The molecule has 0 fully saturated rings. The Bertz CT molecular complexity index is 1100. The van der Waals surface area contributed by atoms with Crippen LogP contribution in [-0.4, -0.2) is 44.4 Å². The van der Waals surface area contributed by atoms with E-state index in [1.54, 1.807) is 0 Å². The SMILES string of the molecule is CCC=CCC=CCC=CCC=CCC=CCC=CCCC(=O)O[C@H](COC(=O)CCCCCCCCCCCCCCC)COP(=O)([O-])OCC[NH3+]. The molecule has 0 aromatic heterocycles. The lowest BCUT2D eigenvalue weighted by molar-refractivity contribution is -0.373. The fraction of sp³-hybridized carbons (Fsp3) is 0.674. The first-order valence-electron chi connectivity index (χ1n) is 20.5. The van der Waals surface area contributed by atoms with Crippen LogP contribution in [0.5, 0.6) is 0 Å². The largest absolute Gasteiger partial charge is 0.756 e. The standard InChI is InChI=1S/C43H74NO8P/c1-3-5-7-9-11-13-15-17-18-19-20-21-22-24-26-28-30-32-34-36-43(46)52-41(40-51-53(47,48)50-38-37-44)39-49-42(45)35-33-31-29-27-25-23-16-14-12-10-8-6-4-2/h5,7,11,13,17-18,20-21,24,26,30,32,41H,3-4,6,8-10,12,14-16,19,22-23,25,27-29,31,33-40,44H2,1-2H3,(H,47,48)/t41-/m1/s1. The van der Waals surface area contributed by atoms with Gasteiger partial charge in [-0.25, -0.2) is 0 Å². The maximum absolute atomic E-state index is 12.5. The van der Waals surface area contributed by atoms with Crippen molar-refractivity contribution in [2.45, 2.75) is 161 Å². The van der Waals surface area contributed by atoms with Crippen molar-refractivity contribution in [1.29, 1.82) is 0 Å². The summed E-state index contributed by atoms with van der Waals surface area (Å²) in [5.74, 6) is -0.948. The zero-order valence-corrected chi connectivity index (χ0v) is 34.2. The molecule has 3 N–H and O–H groups in total. The first kappa shape index (κ1) is 50.5. The second-order valence-corrected chi connectivity index (χ2v) is 14.6. The predicted octanol–water partition coefficient (Wildman–Crippen LogP) is 10.1. The van der Waals surface area contributed by atoms with Gasteiger partial charge in [-0.15, -0.1) is 0 Å². The van der Waals surface area contributed by atoms with Gasteiger partial charge in [-0.2, -0.15) is 0 Å². The minimum Gasteiger partial charge on any atom is -0.756 e. The number of allylic oxidation sites excluding steroid dienone is 12. The third-order valence-corrected chi connectivity index (χ3v) is 9.10. The maximum Gasteiger partial charge on any atom is 0.306 e. The van der Waals surface area contributed by atoms with Crippen LogP contribution < -0.4 is 10.6 Å². The summed E-state index contributed by atoms with van der Waals surface area (Å²) < 4.78 is 32.4. The molecule has 53 heavy (non-hydrogen) atoms. The summed E-state index contributed by atoms with van der Waals surface area (Å²) in [6.45, 7) is 3.71. The second-order valence-electron chi connectivity index (χ2n) is 13.2. The van der Waals surface area contributed by atoms with E-state index in [9.17, 15) is 19.0 Å². The number of hydrogen-bond donors (Lipinski definition) is 1. The molecule has 0 amide bonds. The van der Waals surface area contributed by atoms with E-state index >= 15 is 0 Å². The summed E-state index contributed by atoms with van der Waals surface area (Å²) in [5.41, 5.74) is 3.54. The first-order chi connectivity index (χ1) is 25.8. The molecular formula is C43H74NO8P. The Morgan fingerprint density at radius 1 is 0.585 bits per heavy atom. The van der Waals surface area contributed by atoms with Crippen LogP contribution in [0.15, 0.2) is 72.9 Å². The molecule has 9 nitrogen and oxygen atoms in total. The van der Waals surface area contributed by atoms with Crippen LogP contribution in [0, 0.1) is 0 Å². The lowest BCUT2D eigenvalue weighted by Crippen LogP contribution is -2.52. The van der Waals surface area contributed by atoms with Gasteiger partial charge in [-0.05, 0) is 51.4 Å². The molecule has 0 rings (SSSR count). The summed E-state index contributed by atoms with van der Waals surface area (Å²) in [6.07, 6.45) is 46.5. The van der Waals surface area contributed by atoms with Crippen LogP contribution in [0.3, 0.4) is 0 Å². The zero-order valence-electron chi connectivity index (χ0n) is 33.3. The third kappa shape index (κ3) is 39.0. The highest BCUT2D eigenvalue weighted by molar-refractivity contribution is 7.45. The Kier molecular flexibility index (Phi) is 37.3. The molecule has 0 radical (unpaired) electrons. The second kappa shape index (κ2) is 39.2. The summed E-state index contributed by atoms with van der Waals surface area (Å²) >= 11 is 0.